The van der Waals surface area contributed by atoms with Crippen molar-refractivity contribution < 1.29 is 14.7 Å². The fraction of sp³-hybridized carbons (Fsp3) is 0.462. The largest absolute Gasteiger partial charge is 0.374 e. The maximum Gasteiger partial charge on any atom is 0.202 e. The Hall–Kier alpha value is -2.26. The zero-order valence-corrected chi connectivity index (χ0v) is 17.6. The number of carbonyl (C=O) groups is 2. The van der Waals surface area contributed by atoms with Gasteiger partial charge in [-0.05, 0) is 12.8 Å². The maximum absolute atomic E-state index is 13.1. The Labute approximate surface area is 175 Å². The number of benzene rings is 2. The number of aliphatic hydroxyl groups is 1. The minimum absolute atomic E-state index is 0.157. The van der Waals surface area contributed by atoms with E-state index in [9.17, 15) is 14.7 Å². The average Bonchev–Trinajstić information content (AvgIpc) is 2.78. The first-order valence-electron chi connectivity index (χ1n) is 11.0. The summed E-state index contributed by atoms with van der Waals surface area (Å²) in [6, 6.07) is 17.2. The molecule has 0 atom stereocenters. The van der Waals surface area contributed by atoms with Gasteiger partial charge in [-0.1, -0.05) is 119 Å². The zero-order valence-electron chi connectivity index (χ0n) is 17.6. The van der Waals surface area contributed by atoms with Crippen LogP contribution in [0.3, 0.4) is 0 Å². The van der Waals surface area contributed by atoms with Crippen LogP contribution in [-0.4, -0.2) is 22.3 Å². The highest BCUT2D eigenvalue weighted by Crippen LogP contribution is 2.26. The predicted molar refractivity (Wildman–Crippen MR) is 118 cm³/mol. The SMILES string of the molecule is CCCCCCCCCCCC(O)(C(=O)c1ccccc1)C(=O)c1ccccc1. The Bertz CT molecular complexity index is 686. The van der Waals surface area contributed by atoms with E-state index in [1.807, 2.05) is 12.1 Å². The third kappa shape index (κ3) is 6.93. The van der Waals surface area contributed by atoms with Crippen LogP contribution in [0, 0.1) is 0 Å². The second-order valence-electron chi connectivity index (χ2n) is 7.83. The smallest absolute Gasteiger partial charge is 0.202 e. The lowest BCUT2D eigenvalue weighted by Crippen LogP contribution is -2.46. The van der Waals surface area contributed by atoms with E-state index in [2.05, 4.69) is 6.92 Å². The Morgan fingerprint density at radius 1 is 0.655 bits per heavy atom. The van der Waals surface area contributed by atoms with Gasteiger partial charge in [-0.2, -0.15) is 0 Å². The van der Waals surface area contributed by atoms with Crippen molar-refractivity contribution in [3.63, 3.8) is 0 Å². The molecule has 0 bridgehead atoms. The van der Waals surface area contributed by atoms with Gasteiger partial charge < -0.3 is 5.11 Å². The molecule has 0 aromatic heterocycles. The van der Waals surface area contributed by atoms with Crippen molar-refractivity contribution in [1.82, 2.24) is 0 Å². The van der Waals surface area contributed by atoms with Gasteiger partial charge in [0.1, 0.15) is 0 Å². The van der Waals surface area contributed by atoms with E-state index in [-0.39, 0.29) is 6.42 Å². The van der Waals surface area contributed by atoms with Crippen LogP contribution in [0.15, 0.2) is 60.7 Å². The highest BCUT2D eigenvalue weighted by atomic mass is 16.3. The van der Waals surface area contributed by atoms with E-state index < -0.39 is 17.2 Å². The van der Waals surface area contributed by atoms with E-state index in [0.717, 1.165) is 12.8 Å². The second kappa shape index (κ2) is 12.3. The fourth-order valence-corrected chi connectivity index (χ4v) is 3.68. The molecule has 0 saturated carbocycles. The van der Waals surface area contributed by atoms with Gasteiger partial charge in [-0.15, -0.1) is 0 Å². The summed E-state index contributed by atoms with van der Waals surface area (Å²) in [6.45, 7) is 2.22. The molecule has 0 saturated heterocycles. The Morgan fingerprint density at radius 3 is 1.45 bits per heavy atom. The number of rotatable bonds is 14. The number of Topliss-reactive ketones (excluding diaryl/α,β-unsaturated/α-hetero) is 2. The molecule has 0 aliphatic rings. The topological polar surface area (TPSA) is 54.4 Å². The lowest BCUT2D eigenvalue weighted by Gasteiger charge is -2.25. The van der Waals surface area contributed by atoms with Gasteiger partial charge in [0, 0.05) is 11.1 Å². The lowest BCUT2D eigenvalue weighted by molar-refractivity contribution is 0.0253. The van der Waals surface area contributed by atoms with Crippen LogP contribution in [-0.2, 0) is 0 Å². The molecule has 29 heavy (non-hydrogen) atoms. The molecule has 0 heterocycles. The summed E-state index contributed by atoms with van der Waals surface area (Å²) >= 11 is 0. The zero-order chi connectivity index (χ0) is 21.0. The van der Waals surface area contributed by atoms with E-state index in [0.29, 0.717) is 17.5 Å². The highest BCUT2D eigenvalue weighted by molar-refractivity contribution is 6.22. The van der Waals surface area contributed by atoms with Gasteiger partial charge >= 0.3 is 0 Å². The molecule has 0 unspecified atom stereocenters. The molecule has 1 N–H and O–H groups in total. The molecule has 0 aliphatic carbocycles. The molecule has 156 valence electrons. The minimum Gasteiger partial charge on any atom is -0.374 e. The number of ketones is 2. The molecule has 0 fully saturated rings. The number of carbonyl (C=O) groups excluding carboxylic acids is 2. The van der Waals surface area contributed by atoms with Crippen LogP contribution < -0.4 is 0 Å². The Kier molecular flexibility index (Phi) is 9.79. The minimum atomic E-state index is -2.01. The third-order valence-corrected chi connectivity index (χ3v) is 5.47. The monoisotopic (exact) mass is 394 g/mol. The van der Waals surface area contributed by atoms with Crippen LogP contribution in [0.2, 0.25) is 0 Å². The molecule has 2 aromatic rings. The summed E-state index contributed by atoms with van der Waals surface area (Å²) in [5.41, 5.74) is -1.27. The van der Waals surface area contributed by atoms with Crippen LogP contribution in [0.1, 0.15) is 91.8 Å². The lowest BCUT2D eigenvalue weighted by atomic mass is 9.81. The third-order valence-electron chi connectivity index (χ3n) is 5.47. The van der Waals surface area contributed by atoms with Crippen molar-refractivity contribution >= 4 is 11.6 Å². The van der Waals surface area contributed by atoms with Crippen LogP contribution in [0.25, 0.3) is 0 Å². The first-order valence-corrected chi connectivity index (χ1v) is 11.0. The molecule has 3 heteroatoms. The summed E-state index contributed by atoms with van der Waals surface area (Å²) in [6.07, 6.45) is 10.3. The quantitative estimate of drug-likeness (QED) is 0.229. The summed E-state index contributed by atoms with van der Waals surface area (Å²) in [5.74, 6) is -1.02. The van der Waals surface area contributed by atoms with Gasteiger partial charge in [0.25, 0.3) is 0 Å². The van der Waals surface area contributed by atoms with Gasteiger partial charge in [0.05, 0.1) is 0 Å². The number of unbranched alkanes of at least 4 members (excludes halogenated alkanes) is 8. The fourth-order valence-electron chi connectivity index (χ4n) is 3.68. The number of hydrogen-bond donors (Lipinski definition) is 1. The van der Waals surface area contributed by atoms with Crippen molar-refractivity contribution in [3.8, 4) is 0 Å². The van der Waals surface area contributed by atoms with Crippen LogP contribution in [0.4, 0.5) is 0 Å². The van der Waals surface area contributed by atoms with E-state index in [1.165, 1.54) is 38.5 Å². The maximum atomic E-state index is 13.1. The Balaban J connectivity index is 1.98. The molecule has 0 aliphatic heterocycles. The van der Waals surface area contributed by atoms with Crippen molar-refractivity contribution in [2.45, 2.75) is 76.7 Å². The van der Waals surface area contributed by atoms with Crippen LogP contribution in [0.5, 0.6) is 0 Å². The standard InChI is InChI=1S/C26H34O3/c1-2-3-4-5-6-7-8-9-16-21-26(29,24(27)22-17-12-10-13-18-22)25(28)23-19-14-11-15-20-23/h10-15,17-20,29H,2-9,16,21H2,1H3. The van der Waals surface area contributed by atoms with Gasteiger partial charge in [-0.3, -0.25) is 9.59 Å². The first kappa shape index (κ1) is 23.0. The van der Waals surface area contributed by atoms with Gasteiger partial charge in [-0.25, -0.2) is 0 Å². The normalized spacial score (nSPS) is 11.4. The van der Waals surface area contributed by atoms with Crippen LogP contribution >= 0.6 is 0 Å². The van der Waals surface area contributed by atoms with Crippen molar-refractivity contribution in [2.75, 3.05) is 0 Å². The van der Waals surface area contributed by atoms with Crippen molar-refractivity contribution in [3.05, 3.63) is 71.8 Å². The van der Waals surface area contributed by atoms with E-state index in [1.54, 1.807) is 48.5 Å². The van der Waals surface area contributed by atoms with Gasteiger partial charge in [0.2, 0.25) is 11.6 Å². The molecule has 0 amide bonds. The summed E-state index contributed by atoms with van der Waals surface area (Å²) < 4.78 is 0. The summed E-state index contributed by atoms with van der Waals surface area (Å²) in [5, 5.41) is 11.3. The first-order chi connectivity index (χ1) is 14.1. The molecular weight excluding hydrogens is 360 g/mol. The molecule has 0 spiro atoms. The van der Waals surface area contributed by atoms with E-state index >= 15 is 0 Å². The Morgan fingerprint density at radius 2 is 1.03 bits per heavy atom. The highest BCUT2D eigenvalue weighted by Gasteiger charge is 2.43. The number of hydrogen-bond acceptors (Lipinski definition) is 3. The second-order valence-corrected chi connectivity index (χ2v) is 7.83. The molecule has 3 nitrogen and oxygen atoms in total. The van der Waals surface area contributed by atoms with Crippen molar-refractivity contribution in [1.29, 1.82) is 0 Å². The summed E-state index contributed by atoms with van der Waals surface area (Å²) in [7, 11) is 0. The van der Waals surface area contributed by atoms with Crippen molar-refractivity contribution in [2.24, 2.45) is 0 Å². The predicted octanol–water partition coefficient (Wildman–Crippen LogP) is 6.40. The molecule has 0 radical (unpaired) electrons. The molecule has 2 rings (SSSR count). The molecular formula is C26H34O3. The average molecular weight is 395 g/mol. The van der Waals surface area contributed by atoms with E-state index in [4.69, 9.17) is 0 Å². The van der Waals surface area contributed by atoms with Gasteiger partial charge in [0.15, 0.2) is 5.60 Å². The summed E-state index contributed by atoms with van der Waals surface area (Å²) in [4.78, 5) is 26.2. The molecule has 2 aromatic carbocycles.